The van der Waals surface area contributed by atoms with Crippen LogP contribution in [0.15, 0.2) is 97.1 Å². The van der Waals surface area contributed by atoms with Crippen LogP contribution in [0.5, 0.6) is 5.75 Å². The SMILES string of the molecule is COc1ccc(COC[C@]2(CC=O)C=CC[C@H](COC(=O)OCc3ccccc3)N2C(=O)OCc2ccccc2)cc1. The van der Waals surface area contributed by atoms with E-state index in [9.17, 15) is 14.4 Å². The summed E-state index contributed by atoms with van der Waals surface area (Å²) in [6.07, 6.45) is 3.24. The second-order valence-corrected chi connectivity index (χ2v) is 9.85. The summed E-state index contributed by atoms with van der Waals surface area (Å²) in [5, 5.41) is 0. The average Bonchev–Trinajstić information content (AvgIpc) is 3.03. The number of aldehydes is 1. The second kappa shape index (κ2) is 15.4. The van der Waals surface area contributed by atoms with E-state index in [0.717, 1.165) is 28.7 Å². The maximum atomic E-state index is 13.6. The van der Waals surface area contributed by atoms with E-state index in [1.165, 1.54) is 4.90 Å². The lowest BCUT2D eigenvalue weighted by atomic mass is 9.87. The van der Waals surface area contributed by atoms with Crippen molar-refractivity contribution < 1.29 is 38.1 Å². The number of nitrogens with zero attached hydrogens (tertiary/aromatic N) is 1. The molecule has 1 amide bonds. The minimum Gasteiger partial charge on any atom is -0.497 e. The zero-order chi connectivity index (χ0) is 29.6. The maximum absolute atomic E-state index is 13.6. The Morgan fingerprint density at radius 1 is 0.833 bits per heavy atom. The van der Waals surface area contributed by atoms with Gasteiger partial charge in [-0.1, -0.05) is 84.9 Å². The van der Waals surface area contributed by atoms with E-state index in [0.29, 0.717) is 6.42 Å². The fraction of sp³-hybridized carbons (Fsp3) is 0.303. The van der Waals surface area contributed by atoms with Gasteiger partial charge in [-0.25, -0.2) is 9.59 Å². The van der Waals surface area contributed by atoms with Crippen molar-refractivity contribution in [1.82, 2.24) is 4.90 Å². The van der Waals surface area contributed by atoms with Crippen molar-refractivity contribution in [2.24, 2.45) is 0 Å². The van der Waals surface area contributed by atoms with Crippen LogP contribution in [0.25, 0.3) is 0 Å². The molecule has 0 aromatic heterocycles. The Balaban J connectivity index is 1.47. The number of hydrogen-bond acceptors (Lipinski definition) is 8. The van der Waals surface area contributed by atoms with Crippen molar-refractivity contribution in [3.05, 3.63) is 114 Å². The van der Waals surface area contributed by atoms with Crippen molar-refractivity contribution >= 4 is 18.5 Å². The van der Waals surface area contributed by atoms with E-state index in [1.54, 1.807) is 13.2 Å². The molecule has 0 unspecified atom stereocenters. The molecule has 4 rings (SSSR count). The number of benzene rings is 3. The number of carbonyl (C=O) groups excluding carboxylic acids is 3. The van der Waals surface area contributed by atoms with Crippen molar-refractivity contribution in [3.8, 4) is 5.75 Å². The largest absolute Gasteiger partial charge is 0.508 e. The highest BCUT2D eigenvalue weighted by Crippen LogP contribution is 2.32. The predicted octanol–water partition coefficient (Wildman–Crippen LogP) is 5.86. The lowest BCUT2D eigenvalue weighted by Crippen LogP contribution is -2.61. The van der Waals surface area contributed by atoms with Gasteiger partial charge in [-0.2, -0.15) is 0 Å². The van der Waals surface area contributed by atoms with Crippen LogP contribution in [0.2, 0.25) is 0 Å². The molecule has 42 heavy (non-hydrogen) atoms. The highest BCUT2D eigenvalue weighted by Gasteiger charge is 2.45. The summed E-state index contributed by atoms with van der Waals surface area (Å²) in [7, 11) is 1.60. The molecule has 2 atom stereocenters. The van der Waals surface area contributed by atoms with E-state index >= 15 is 0 Å². The van der Waals surface area contributed by atoms with Crippen molar-refractivity contribution in [1.29, 1.82) is 0 Å². The number of ether oxygens (including phenoxy) is 5. The van der Waals surface area contributed by atoms with Crippen LogP contribution in [0.1, 0.15) is 29.5 Å². The van der Waals surface area contributed by atoms with Gasteiger partial charge in [0, 0.05) is 6.42 Å². The molecule has 0 radical (unpaired) electrons. The van der Waals surface area contributed by atoms with E-state index in [2.05, 4.69) is 0 Å². The Morgan fingerprint density at radius 3 is 2.07 bits per heavy atom. The van der Waals surface area contributed by atoms with Gasteiger partial charge < -0.3 is 28.5 Å². The highest BCUT2D eigenvalue weighted by atomic mass is 16.7. The van der Waals surface area contributed by atoms with Gasteiger partial charge in [-0.15, -0.1) is 0 Å². The van der Waals surface area contributed by atoms with Gasteiger partial charge in [0.15, 0.2) is 0 Å². The third-order valence-corrected chi connectivity index (χ3v) is 6.89. The third kappa shape index (κ3) is 8.44. The van der Waals surface area contributed by atoms with Crippen LogP contribution in [-0.2, 0) is 43.6 Å². The molecule has 0 saturated carbocycles. The first-order valence-electron chi connectivity index (χ1n) is 13.7. The Kier molecular flexibility index (Phi) is 11.1. The molecule has 0 saturated heterocycles. The van der Waals surface area contributed by atoms with Gasteiger partial charge >= 0.3 is 12.2 Å². The summed E-state index contributed by atoms with van der Waals surface area (Å²) in [5.41, 5.74) is 1.38. The Hall–Kier alpha value is -4.63. The molecule has 1 aliphatic heterocycles. The number of hydrogen-bond donors (Lipinski definition) is 0. The molecule has 220 valence electrons. The number of methoxy groups -OCH3 is 1. The third-order valence-electron chi connectivity index (χ3n) is 6.89. The van der Waals surface area contributed by atoms with Crippen LogP contribution in [0.4, 0.5) is 9.59 Å². The first-order chi connectivity index (χ1) is 20.5. The Labute approximate surface area is 245 Å². The summed E-state index contributed by atoms with van der Waals surface area (Å²) < 4.78 is 27.6. The molecular weight excluding hydrogens is 538 g/mol. The summed E-state index contributed by atoms with van der Waals surface area (Å²) in [6, 6.07) is 25.3. The Bertz CT molecular complexity index is 1310. The quantitative estimate of drug-likeness (QED) is 0.142. The number of rotatable bonds is 13. The zero-order valence-corrected chi connectivity index (χ0v) is 23.6. The van der Waals surface area contributed by atoms with Gasteiger partial charge in [0.05, 0.1) is 31.9 Å². The highest BCUT2D eigenvalue weighted by molar-refractivity contribution is 5.72. The average molecular weight is 574 g/mol. The van der Waals surface area contributed by atoms with Gasteiger partial charge in [-0.05, 0) is 35.2 Å². The predicted molar refractivity (Wildman–Crippen MR) is 155 cm³/mol. The minimum atomic E-state index is -1.15. The van der Waals surface area contributed by atoms with E-state index in [-0.39, 0.29) is 39.5 Å². The lowest BCUT2D eigenvalue weighted by molar-refractivity contribution is -0.112. The molecule has 3 aromatic rings. The molecule has 0 spiro atoms. The molecule has 1 heterocycles. The monoisotopic (exact) mass is 573 g/mol. The fourth-order valence-corrected chi connectivity index (χ4v) is 4.73. The molecule has 0 aliphatic carbocycles. The molecule has 9 heteroatoms. The molecule has 9 nitrogen and oxygen atoms in total. The first kappa shape index (κ1) is 30.3. The van der Waals surface area contributed by atoms with E-state index in [1.807, 2.05) is 91.0 Å². The smallest absolute Gasteiger partial charge is 0.497 e. The van der Waals surface area contributed by atoms with Crippen LogP contribution in [0, 0.1) is 0 Å². The molecular formula is C33H35NO8. The second-order valence-electron chi connectivity index (χ2n) is 9.85. The van der Waals surface area contributed by atoms with Crippen LogP contribution >= 0.6 is 0 Å². The van der Waals surface area contributed by atoms with E-state index in [4.69, 9.17) is 23.7 Å². The summed E-state index contributed by atoms with van der Waals surface area (Å²) >= 11 is 0. The van der Waals surface area contributed by atoms with Crippen LogP contribution in [0.3, 0.4) is 0 Å². The lowest BCUT2D eigenvalue weighted by Gasteiger charge is -2.46. The van der Waals surface area contributed by atoms with Crippen molar-refractivity contribution in [2.75, 3.05) is 20.3 Å². The molecule has 1 aliphatic rings. The van der Waals surface area contributed by atoms with Gasteiger partial charge in [0.25, 0.3) is 0 Å². The Morgan fingerprint density at radius 2 is 1.45 bits per heavy atom. The summed E-state index contributed by atoms with van der Waals surface area (Å²) in [4.78, 5) is 39.5. The summed E-state index contributed by atoms with van der Waals surface area (Å²) in [5.74, 6) is 0.726. The van der Waals surface area contributed by atoms with Crippen LogP contribution in [-0.4, -0.2) is 55.3 Å². The molecule has 0 N–H and O–H groups in total. The van der Waals surface area contributed by atoms with E-state index < -0.39 is 23.8 Å². The fourth-order valence-electron chi connectivity index (χ4n) is 4.73. The van der Waals surface area contributed by atoms with Crippen molar-refractivity contribution in [3.63, 3.8) is 0 Å². The van der Waals surface area contributed by atoms with Gasteiger partial charge in [0.2, 0.25) is 0 Å². The molecule has 0 bridgehead atoms. The molecule has 0 fully saturated rings. The standard InChI is InChI=1S/C33H35NO8/c1-38-30-16-14-28(15-17-30)21-39-25-33(19-20-35)18-8-13-29(24-42-32(37)41-23-27-11-6-3-7-12-27)34(33)31(36)40-22-26-9-4-2-5-10-26/h2-12,14-18,20,29H,13,19,21-25H2,1H3/t29-,33-/m1/s1. The minimum absolute atomic E-state index is 0.0175. The van der Waals surface area contributed by atoms with Crippen LogP contribution < -0.4 is 4.74 Å². The summed E-state index contributed by atoms with van der Waals surface area (Å²) in [6.45, 7) is 0.206. The van der Waals surface area contributed by atoms with Gasteiger partial charge in [-0.3, -0.25) is 4.90 Å². The molecule has 3 aromatic carbocycles. The van der Waals surface area contributed by atoms with Gasteiger partial charge in [0.1, 0.15) is 31.9 Å². The first-order valence-corrected chi connectivity index (χ1v) is 13.7. The number of carbonyl (C=O) groups is 3. The topological polar surface area (TPSA) is 101 Å². The number of amides is 1. The van der Waals surface area contributed by atoms with Crippen molar-refractivity contribution in [2.45, 2.75) is 44.2 Å². The zero-order valence-electron chi connectivity index (χ0n) is 23.6. The maximum Gasteiger partial charge on any atom is 0.508 e. The normalized spacial score (nSPS) is 17.7.